The topological polar surface area (TPSA) is 102 Å². The Kier molecular flexibility index (Phi) is 7.69. The molecule has 41 heavy (non-hydrogen) atoms. The molecule has 0 atom stereocenters. The zero-order valence-corrected chi connectivity index (χ0v) is 23.4. The summed E-state index contributed by atoms with van der Waals surface area (Å²) in [7, 11) is -28.2. The van der Waals surface area contributed by atoms with E-state index in [-0.39, 0.29) is 24.5 Å². The molecule has 6 nitrogen and oxygen atoms in total. The van der Waals surface area contributed by atoms with Crippen LogP contribution in [0.5, 0.6) is 0 Å². The maximum Gasteiger partial charge on any atom is 0.505 e. The summed E-state index contributed by atoms with van der Waals surface area (Å²) in [6.07, 6.45) is 0.286. The molecule has 0 N–H and O–H groups in total. The highest BCUT2D eigenvalue weighted by atomic mass is 33.2. The first-order chi connectivity index (χ1) is 18.4. The standard InChI is InChI=1S/C22H17F9O6S4/c1-41(15-9-4-2-5-10-15,16-11-6-3-7-12-16,40(36,37)22(29,30)31)18-14-8-13-17(38(32,33)20(23,24)25)19(18)39(34,35)21(26,27)28/h2-14,41H,1H3. The van der Waals surface area contributed by atoms with Gasteiger partial charge in [-0.1, -0.05) is 66.7 Å². The summed E-state index contributed by atoms with van der Waals surface area (Å²) in [5.41, 5.74) is -19.4. The number of alkyl halides is 9. The van der Waals surface area contributed by atoms with E-state index in [0.717, 1.165) is 36.4 Å². The second kappa shape index (κ2) is 9.63. The van der Waals surface area contributed by atoms with Crippen molar-refractivity contribution >= 4 is 36.7 Å². The molecule has 0 aromatic heterocycles. The zero-order chi connectivity index (χ0) is 31.5. The molecule has 0 fully saturated rings. The minimum absolute atomic E-state index is 0.148. The van der Waals surface area contributed by atoms with Crippen molar-refractivity contribution in [1.29, 1.82) is 0 Å². The number of benzene rings is 3. The number of hydrogen-bond acceptors (Lipinski definition) is 6. The highest BCUT2D eigenvalue weighted by Gasteiger charge is 2.68. The van der Waals surface area contributed by atoms with Gasteiger partial charge in [-0.25, -0.2) is 25.3 Å². The van der Waals surface area contributed by atoms with Gasteiger partial charge in [-0.2, -0.15) is 39.5 Å². The molecule has 0 heterocycles. The molecule has 0 unspecified atom stereocenters. The molecule has 19 heteroatoms. The summed E-state index contributed by atoms with van der Waals surface area (Å²) in [6, 6.07) is 9.20. The van der Waals surface area contributed by atoms with E-state index in [1.165, 1.54) is 0 Å². The fourth-order valence-electron chi connectivity index (χ4n) is 4.32. The lowest BCUT2D eigenvalue weighted by molar-refractivity contribution is -0.0458. The normalized spacial score (nSPS) is 15.2. The molecule has 3 aromatic carbocycles. The average Bonchev–Trinajstić information content (AvgIpc) is 2.86. The second-order valence-electron chi connectivity index (χ2n) is 8.56. The molecule has 0 aliphatic carbocycles. The first-order valence-electron chi connectivity index (χ1n) is 10.6. The molecule has 0 aliphatic rings. The van der Waals surface area contributed by atoms with Crippen LogP contribution in [0.15, 0.2) is 103 Å². The Bertz CT molecular complexity index is 1760. The van der Waals surface area contributed by atoms with E-state index in [9.17, 15) is 64.8 Å². The number of rotatable bonds is 6. The first-order valence-corrected chi connectivity index (χ1v) is 18.3. The van der Waals surface area contributed by atoms with Gasteiger partial charge in [0, 0.05) is 4.90 Å². The van der Waals surface area contributed by atoms with Gasteiger partial charge >= 0.3 is 16.5 Å². The molecule has 3 aromatic rings. The summed E-state index contributed by atoms with van der Waals surface area (Å²) in [4.78, 5) is -9.21. The minimum atomic E-state index is -7.30. The second-order valence-corrected chi connectivity index (χ2v) is 22.4. The highest BCUT2D eigenvalue weighted by molar-refractivity contribution is 9.00. The predicted octanol–water partition coefficient (Wildman–Crippen LogP) is 6.30. The largest absolute Gasteiger partial charge is 0.505 e. The first kappa shape index (κ1) is 32.7. The molecular formula is C22H17F9O6S4. The summed E-state index contributed by atoms with van der Waals surface area (Å²) in [5, 5.41) is 0. The van der Waals surface area contributed by atoms with Crippen LogP contribution in [0.1, 0.15) is 0 Å². The number of hydrogen-bond donors (Lipinski definition) is 1. The van der Waals surface area contributed by atoms with Crippen LogP contribution < -0.4 is 0 Å². The molecule has 0 aliphatic heterocycles. The lowest BCUT2D eigenvalue weighted by Crippen LogP contribution is -2.40. The third-order valence-corrected chi connectivity index (χ3v) is 22.2. The maximum atomic E-state index is 14.6. The molecule has 0 saturated heterocycles. The number of halogens is 9. The van der Waals surface area contributed by atoms with Crippen LogP contribution in [-0.4, -0.2) is 48.0 Å². The van der Waals surface area contributed by atoms with Crippen LogP contribution in [-0.2, 0) is 28.5 Å². The van der Waals surface area contributed by atoms with E-state index >= 15 is 0 Å². The lowest BCUT2D eigenvalue weighted by atomic mass is 10.3. The van der Waals surface area contributed by atoms with E-state index in [4.69, 9.17) is 0 Å². The average molecular weight is 677 g/mol. The smallest absolute Gasteiger partial charge is 0.214 e. The summed E-state index contributed by atoms with van der Waals surface area (Å²) < 4.78 is 205. The predicted molar refractivity (Wildman–Crippen MR) is 130 cm³/mol. The zero-order valence-electron chi connectivity index (χ0n) is 20.0. The van der Waals surface area contributed by atoms with Crippen LogP contribution >= 0.6 is 8.19 Å². The number of thiol groups is 1. The third kappa shape index (κ3) is 4.42. The summed E-state index contributed by atoms with van der Waals surface area (Å²) >= 11 is 0. The van der Waals surface area contributed by atoms with Crippen LogP contribution in [0.4, 0.5) is 39.5 Å². The number of sulfone groups is 2. The highest BCUT2D eigenvalue weighted by Crippen LogP contribution is 2.89. The summed E-state index contributed by atoms with van der Waals surface area (Å²) in [5.74, 6) is 0. The van der Waals surface area contributed by atoms with E-state index in [2.05, 4.69) is 0 Å². The van der Waals surface area contributed by atoms with Crippen molar-refractivity contribution in [2.75, 3.05) is 6.26 Å². The van der Waals surface area contributed by atoms with Gasteiger partial charge in [-0.05, 0) is 28.2 Å². The molecule has 0 spiro atoms. The van der Waals surface area contributed by atoms with Crippen molar-refractivity contribution in [2.24, 2.45) is 0 Å². The van der Waals surface area contributed by atoms with E-state index in [1.54, 1.807) is 0 Å². The third-order valence-electron chi connectivity index (χ3n) is 6.36. The Morgan fingerprint density at radius 3 is 1.24 bits per heavy atom. The fraction of sp³-hybridized carbons (Fsp3) is 0.182. The molecule has 228 valence electrons. The van der Waals surface area contributed by atoms with E-state index in [1.807, 2.05) is 0 Å². The van der Waals surface area contributed by atoms with Crippen LogP contribution in [0.2, 0.25) is 0 Å². The van der Waals surface area contributed by atoms with Crippen LogP contribution in [0.3, 0.4) is 0 Å². The van der Waals surface area contributed by atoms with Crippen molar-refractivity contribution in [1.82, 2.24) is 0 Å². The van der Waals surface area contributed by atoms with Gasteiger partial charge in [0.05, 0.1) is 4.90 Å². The SMILES string of the molecule is C[SH](c1ccccc1)(c1ccccc1)(c1cccc(S(=O)(=O)C(F)(F)F)c1S(=O)(=O)C(F)(F)F)S(=O)(=O)C(F)(F)F. The molecular weight excluding hydrogens is 659 g/mol. The lowest BCUT2D eigenvalue weighted by Gasteiger charge is -2.58. The maximum absolute atomic E-state index is 14.6. The van der Waals surface area contributed by atoms with Gasteiger partial charge in [0.1, 0.15) is 4.90 Å². The quantitative estimate of drug-likeness (QED) is 0.187. The Morgan fingerprint density at radius 2 is 0.902 bits per heavy atom. The van der Waals surface area contributed by atoms with Crippen molar-refractivity contribution in [3.63, 3.8) is 0 Å². The fourth-order valence-corrected chi connectivity index (χ4v) is 18.2. The molecule has 0 saturated carbocycles. The van der Waals surface area contributed by atoms with Gasteiger partial charge in [-0.3, -0.25) is 0 Å². The molecule has 0 bridgehead atoms. The van der Waals surface area contributed by atoms with Gasteiger partial charge in [0.25, 0.3) is 28.5 Å². The van der Waals surface area contributed by atoms with Crippen molar-refractivity contribution < 1.29 is 64.8 Å². The van der Waals surface area contributed by atoms with Crippen molar-refractivity contribution in [2.45, 2.75) is 41.0 Å². The van der Waals surface area contributed by atoms with Crippen molar-refractivity contribution in [3.05, 3.63) is 78.9 Å². The van der Waals surface area contributed by atoms with E-state index in [0.29, 0.717) is 24.3 Å². The Balaban J connectivity index is 2.96. The Morgan fingerprint density at radius 1 is 0.512 bits per heavy atom. The van der Waals surface area contributed by atoms with Gasteiger partial charge < -0.3 is 0 Å². The van der Waals surface area contributed by atoms with Gasteiger partial charge in [0.15, 0.2) is 0 Å². The van der Waals surface area contributed by atoms with Gasteiger partial charge in [-0.15, -0.1) is 8.19 Å². The van der Waals surface area contributed by atoms with Crippen LogP contribution in [0, 0.1) is 0 Å². The summed E-state index contributed by atoms with van der Waals surface area (Å²) in [6.45, 7) is 0. The Labute approximate surface area is 227 Å². The molecule has 0 amide bonds. The van der Waals surface area contributed by atoms with Crippen LogP contribution in [0.25, 0.3) is 0 Å². The molecule has 3 rings (SSSR count). The minimum Gasteiger partial charge on any atom is -0.214 e. The van der Waals surface area contributed by atoms with Crippen molar-refractivity contribution in [3.8, 4) is 0 Å². The van der Waals surface area contributed by atoms with E-state index < -0.39 is 77.7 Å². The monoisotopic (exact) mass is 676 g/mol. The molecule has 0 radical (unpaired) electrons. The Hall–Kier alpha value is -2.77. The van der Waals surface area contributed by atoms with Gasteiger partial charge in [0.2, 0.25) is 0 Å².